The van der Waals surface area contributed by atoms with Gasteiger partial charge in [0.05, 0.1) is 12.5 Å². The Morgan fingerprint density at radius 1 is 1.00 bits per heavy atom. The average molecular weight is 389 g/mol. The third-order valence-corrected chi connectivity index (χ3v) is 4.14. The molecule has 6 nitrogen and oxygen atoms in total. The number of hydrogen-bond donors (Lipinski definition) is 3. The highest BCUT2D eigenvalue weighted by Gasteiger charge is 2.18. The van der Waals surface area contributed by atoms with Crippen LogP contribution in [0.3, 0.4) is 0 Å². The van der Waals surface area contributed by atoms with E-state index in [2.05, 4.69) is 10.6 Å². The van der Waals surface area contributed by atoms with Gasteiger partial charge >= 0.3 is 5.97 Å². The molecule has 0 bridgehead atoms. The summed E-state index contributed by atoms with van der Waals surface area (Å²) in [6.45, 7) is 0.353. The predicted molar refractivity (Wildman–Crippen MR) is 103 cm³/mol. The first kappa shape index (κ1) is 20.5. The summed E-state index contributed by atoms with van der Waals surface area (Å²) in [6.07, 6.45) is 0.404. The molecule has 0 aliphatic rings. The molecular formula is C20H21ClN2O4. The number of hydrogen-bond acceptors (Lipinski definition) is 3. The van der Waals surface area contributed by atoms with Gasteiger partial charge in [-0.1, -0.05) is 41.9 Å². The van der Waals surface area contributed by atoms with Crippen molar-refractivity contribution >= 4 is 29.4 Å². The number of nitrogens with one attached hydrogen (secondary N) is 2. The Hall–Kier alpha value is -2.86. The van der Waals surface area contributed by atoms with E-state index in [0.717, 1.165) is 0 Å². The number of carbonyl (C=O) groups is 3. The lowest BCUT2D eigenvalue weighted by Gasteiger charge is -2.17. The number of aliphatic carboxylic acids is 1. The Balaban J connectivity index is 1.80. The van der Waals surface area contributed by atoms with Gasteiger partial charge in [-0.3, -0.25) is 14.4 Å². The van der Waals surface area contributed by atoms with E-state index in [1.54, 1.807) is 48.5 Å². The number of carboxylic acids is 1. The minimum absolute atomic E-state index is 0.179. The number of carbonyl (C=O) groups excluding carboxylic acids is 2. The van der Waals surface area contributed by atoms with Crippen LogP contribution in [0.25, 0.3) is 0 Å². The summed E-state index contributed by atoms with van der Waals surface area (Å²) in [5.74, 6) is -1.48. The van der Waals surface area contributed by atoms with Gasteiger partial charge in [-0.05, 0) is 36.2 Å². The van der Waals surface area contributed by atoms with Crippen LogP contribution in [-0.4, -0.2) is 29.4 Å². The van der Waals surface area contributed by atoms with Gasteiger partial charge in [0.2, 0.25) is 5.91 Å². The first-order chi connectivity index (χ1) is 13.0. The van der Waals surface area contributed by atoms with Crippen molar-refractivity contribution in [3.63, 3.8) is 0 Å². The third kappa shape index (κ3) is 7.11. The van der Waals surface area contributed by atoms with Crippen molar-refractivity contribution in [1.82, 2.24) is 10.6 Å². The summed E-state index contributed by atoms with van der Waals surface area (Å²) in [5, 5.41) is 15.1. The van der Waals surface area contributed by atoms with Gasteiger partial charge in [0.1, 0.15) is 0 Å². The van der Waals surface area contributed by atoms with Gasteiger partial charge < -0.3 is 15.7 Å². The lowest BCUT2D eigenvalue weighted by atomic mass is 10.0. The molecule has 0 radical (unpaired) electrons. The molecule has 1 atom stereocenters. The van der Waals surface area contributed by atoms with Gasteiger partial charge in [0.15, 0.2) is 0 Å². The van der Waals surface area contributed by atoms with Crippen LogP contribution >= 0.6 is 11.6 Å². The molecule has 142 valence electrons. The summed E-state index contributed by atoms with van der Waals surface area (Å²) >= 11 is 5.84. The zero-order chi connectivity index (χ0) is 19.6. The van der Waals surface area contributed by atoms with Crippen LogP contribution in [0.4, 0.5) is 0 Å². The maximum atomic E-state index is 12.1. The average Bonchev–Trinajstić information content (AvgIpc) is 2.65. The van der Waals surface area contributed by atoms with E-state index in [4.69, 9.17) is 16.7 Å². The van der Waals surface area contributed by atoms with Crippen LogP contribution in [-0.2, 0) is 9.59 Å². The highest BCUT2D eigenvalue weighted by atomic mass is 35.5. The summed E-state index contributed by atoms with van der Waals surface area (Å²) in [4.78, 5) is 35.1. The molecule has 0 aliphatic heterocycles. The van der Waals surface area contributed by atoms with E-state index in [1.807, 2.05) is 6.07 Å². The van der Waals surface area contributed by atoms with Gasteiger partial charge in [-0.15, -0.1) is 0 Å². The molecule has 2 amide bonds. The molecule has 2 rings (SSSR count). The van der Waals surface area contributed by atoms with Crippen molar-refractivity contribution < 1.29 is 19.5 Å². The van der Waals surface area contributed by atoms with Crippen molar-refractivity contribution in [3.8, 4) is 0 Å². The smallest absolute Gasteiger partial charge is 0.305 e. The molecule has 7 heteroatoms. The molecule has 27 heavy (non-hydrogen) atoms. The van der Waals surface area contributed by atoms with Crippen LogP contribution in [0, 0.1) is 0 Å². The molecule has 2 aromatic carbocycles. The van der Waals surface area contributed by atoms with Crippen LogP contribution < -0.4 is 10.6 Å². The summed E-state index contributed by atoms with van der Waals surface area (Å²) in [7, 11) is 0. The Labute approximate surface area is 162 Å². The minimum atomic E-state index is -1.01. The highest BCUT2D eigenvalue weighted by Crippen LogP contribution is 2.19. The zero-order valence-electron chi connectivity index (χ0n) is 14.7. The van der Waals surface area contributed by atoms with Crippen LogP contribution in [0.1, 0.15) is 41.2 Å². The van der Waals surface area contributed by atoms with E-state index in [-0.39, 0.29) is 24.7 Å². The lowest BCUT2D eigenvalue weighted by molar-refractivity contribution is -0.137. The van der Waals surface area contributed by atoms with Crippen LogP contribution in [0.5, 0.6) is 0 Å². The number of benzene rings is 2. The monoisotopic (exact) mass is 388 g/mol. The second-order valence-electron chi connectivity index (χ2n) is 5.99. The first-order valence-corrected chi connectivity index (χ1v) is 8.93. The number of carboxylic acid groups (broad SMARTS) is 1. The largest absolute Gasteiger partial charge is 0.481 e. The molecule has 0 saturated carbocycles. The van der Waals surface area contributed by atoms with Gasteiger partial charge in [0, 0.05) is 23.6 Å². The quantitative estimate of drug-likeness (QED) is 0.575. The lowest BCUT2D eigenvalue weighted by Crippen LogP contribution is -2.31. The first-order valence-electron chi connectivity index (χ1n) is 8.55. The van der Waals surface area contributed by atoms with E-state index in [9.17, 15) is 14.4 Å². The van der Waals surface area contributed by atoms with Crippen LogP contribution in [0.2, 0.25) is 5.02 Å². The van der Waals surface area contributed by atoms with Gasteiger partial charge in [-0.25, -0.2) is 0 Å². The fraction of sp³-hybridized carbons (Fsp3) is 0.250. The van der Waals surface area contributed by atoms with E-state index in [1.165, 1.54) is 0 Å². The molecule has 0 aliphatic carbocycles. The topological polar surface area (TPSA) is 95.5 Å². The number of halogens is 1. The third-order valence-electron chi connectivity index (χ3n) is 3.89. The van der Waals surface area contributed by atoms with Crippen molar-refractivity contribution in [1.29, 1.82) is 0 Å². The SMILES string of the molecule is O=C(O)C[C@H](NC(=O)CCCNC(=O)c1ccccc1)c1ccc(Cl)cc1. The predicted octanol–water partition coefficient (Wildman–Crippen LogP) is 3.18. The molecule has 0 aromatic heterocycles. The summed E-state index contributed by atoms with van der Waals surface area (Å²) in [6, 6.07) is 14.9. The molecular weight excluding hydrogens is 368 g/mol. The van der Waals surface area contributed by atoms with Crippen molar-refractivity contribution in [2.75, 3.05) is 6.54 Å². The van der Waals surface area contributed by atoms with Crippen molar-refractivity contribution in [2.45, 2.75) is 25.3 Å². The highest BCUT2D eigenvalue weighted by molar-refractivity contribution is 6.30. The molecule has 0 unspecified atom stereocenters. The van der Waals surface area contributed by atoms with E-state index < -0.39 is 12.0 Å². The second kappa shape index (κ2) is 10.3. The van der Waals surface area contributed by atoms with E-state index >= 15 is 0 Å². The maximum Gasteiger partial charge on any atom is 0.305 e. The fourth-order valence-electron chi connectivity index (χ4n) is 2.53. The zero-order valence-corrected chi connectivity index (χ0v) is 15.4. The molecule has 0 spiro atoms. The summed E-state index contributed by atoms with van der Waals surface area (Å²) in [5.41, 5.74) is 1.23. The Bertz CT molecular complexity index is 778. The molecule has 0 saturated heterocycles. The van der Waals surface area contributed by atoms with Crippen molar-refractivity contribution in [3.05, 3.63) is 70.7 Å². The standard InChI is InChI=1S/C20H21ClN2O4/c21-16-10-8-14(9-11-16)17(13-19(25)26)23-18(24)7-4-12-22-20(27)15-5-2-1-3-6-15/h1-3,5-6,8-11,17H,4,7,12-13H2,(H,22,27)(H,23,24)(H,25,26)/t17-/m0/s1. The maximum absolute atomic E-state index is 12.1. The molecule has 0 fully saturated rings. The summed E-state index contributed by atoms with van der Waals surface area (Å²) < 4.78 is 0. The van der Waals surface area contributed by atoms with Crippen LogP contribution in [0.15, 0.2) is 54.6 Å². The van der Waals surface area contributed by atoms with E-state index in [0.29, 0.717) is 29.1 Å². The number of rotatable bonds is 9. The fourth-order valence-corrected chi connectivity index (χ4v) is 2.66. The molecule has 0 heterocycles. The second-order valence-corrected chi connectivity index (χ2v) is 6.43. The Morgan fingerprint density at radius 2 is 1.67 bits per heavy atom. The Morgan fingerprint density at radius 3 is 2.30 bits per heavy atom. The Kier molecular flexibility index (Phi) is 7.82. The van der Waals surface area contributed by atoms with Gasteiger partial charge in [-0.2, -0.15) is 0 Å². The van der Waals surface area contributed by atoms with Gasteiger partial charge in [0.25, 0.3) is 5.91 Å². The minimum Gasteiger partial charge on any atom is -0.481 e. The normalized spacial score (nSPS) is 11.4. The number of amides is 2. The molecule has 2 aromatic rings. The molecule has 3 N–H and O–H groups in total. The van der Waals surface area contributed by atoms with Crippen molar-refractivity contribution in [2.24, 2.45) is 0 Å².